The molecule has 4 rings (SSSR count). The number of hydrogen-bond donors (Lipinski definition) is 2. The van der Waals surface area contributed by atoms with Crippen LogP contribution in [-0.2, 0) is 5.41 Å². The summed E-state index contributed by atoms with van der Waals surface area (Å²) in [6.07, 6.45) is 2.25. The number of benzene rings is 2. The van der Waals surface area contributed by atoms with Crippen molar-refractivity contribution < 1.29 is 4.79 Å². The minimum Gasteiger partial charge on any atom is -0.375 e. The summed E-state index contributed by atoms with van der Waals surface area (Å²) in [5, 5.41) is 3.61. The number of nitrogen functional groups attached to an aromatic ring is 1. The Balaban J connectivity index is 1.49. The number of thiazole rings is 1. The van der Waals surface area contributed by atoms with E-state index in [0.29, 0.717) is 17.2 Å². The molecule has 0 saturated heterocycles. The third kappa shape index (κ3) is 2.68. The standard InChI is InChI=1S/C18H17N3OS/c19-17-21-14-7-6-12(10-15(14)23-17)16(22)20-11-18(8-9-18)13-4-2-1-3-5-13/h1-7,10H,8-9,11H2,(H2,19,21)(H,20,22). The number of hydrogen-bond acceptors (Lipinski definition) is 4. The lowest BCUT2D eigenvalue weighted by atomic mass is 9.96. The van der Waals surface area contributed by atoms with E-state index in [9.17, 15) is 4.79 Å². The van der Waals surface area contributed by atoms with Gasteiger partial charge >= 0.3 is 0 Å². The number of nitrogens with one attached hydrogen (secondary N) is 1. The van der Waals surface area contributed by atoms with Crippen LogP contribution in [-0.4, -0.2) is 17.4 Å². The Hall–Kier alpha value is -2.40. The lowest BCUT2D eigenvalue weighted by Gasteiger charge is -2.16. The minimum absolute atomic E-state index is 0.0407. The van der Waals surface area contributed by atoms with Gasteiger partial charge in [-0.25, -0.2) is 4.98 Å². The molecule has 116 valence electrons. The molecule has 1 aromatic heterocycles. The molecule has 0 spiro atoms. The summed E-state index contributed by atoms with van der Waals surface area (Å²) in [5.41, 5.74) is 8.64. The fraction of sp³-hybridized carbons (Fsp3) is 0.222. The lowest BCUT2D eigenvalue weighted by Crippen LogP contribution is -2.32. The molecule has 0 unspecified atom stereocenters. The van der Waals surface area contributed by atoms with Crippen molar-refractivity contribution in [3.05, 3.63) is 59.7 Å². The Kier molecular flexibility index (Phi) is 3.31. The van der Waals surface area contributed by atoms with Gasteiger partial charge in [0.2, 0.25) is 0 Å². The van der Waals surface area contributed by atoms with Gasteiger partial charge in [0, 0.05) is 17.5 Å². The first-order valence-corrected chi connectivity index (χ1v) is 8.48. The summed E-state index contributed by atoms with van der Waals surface area (Å²) in [5.74, 6) is -0.0407. The summed E-state index contributed by atoms with van der Waals surface area (Å²) in [6.45, 7) is 0.679. The monoisotopic (exact) mass is 323 g/mol. The molecule has 23 heavy (non-hydrogen) atoms. The smallest absolute Gasteiger partial charge is 0.251 e. The number of amides is 1. The van der Waals surface area contributed by atoms with Gasteiger partial charge in [0.15, 0.2) is 5.13 Å². The molecule has 5 heteroatoms. The first kappa shape index (κ1) is 14.2. The van der Waals surface area contributed by atoms with Crippen LogP contribution in [0.25, 0.3) is 10.2 Å². The van der Waals surface area contributed by atoms with Gasteiger partial charge in [-0.1, -0.05) is 41.7 Å². The quantitative estimate of drug-likeness (QED) is 0.774. The molecular formula is C18H17N3OS. The maximum atomic E-state index is 12.4. The van der Waals surface area contributed by atoms with Crippen molar-refractivity contribution in [1.29, 1.82) is 0 Å². The van der Waals surface area contributed by atoms with Crippen LogP contribution in [0, 0.1) is 0 Å². The van der Waals surface area contributed by atoms with Gasteiger partial charge in [-0.2, -0.15) is 0 Å². The minimum atomic E-state index is -0.0407. The number of rotatable bonds is 4. The summed E-state index contributed by atoms with van der Waals surface area (Å²) >= 11 is 1.40. The van der Waals surface area contributed by atoms with Crippen molar-refractivity contribution in [2.75, 3.05) is 12.3 Å². The van der Waals surface area contributed by atoms with E-state index >= 15 is 0 Å². The van der Waals surface area contributed by atoms with Crippen LogP contribution in [0.1, 0.15) is 28.8 Å². The molecule has 3 N–H and O–H groups in total. The SMILES string of the molecule is Nc1nc2ccc(C(=O)NCC3(c4ccccc4)CC3)cc2s1. The van der Waals surface area contributed by atoms with Crippen molar-refractivity contribution in [3.8, 4) is 0 Å². The van der Waals surface area contributed by atoms with Crippen LogP contribution in [0.15, 0.2) is 48.5 Å². The fourth-order valence-corrected chi connectivity index (χ4v) is 3.72. The largest absolute Gasteiger partial charge is 0.375 e. The molecule has 0 radical (unpaired) electrons. The highest BCUT2D eigenvalue weighted by Crippen LogP contribution is 2.47. The van der Waals surface area contributed by atoms with Crippen LogP contribution in [0.4, 0.5) is 5.13 Å². The first-order valence-electron chi connectivity index (χ1n) is 7.66. The van der Waals surface area contributed by atoms with Crippen LogP contribution >= 0.6 is 11.3 Å². The maximum absolute atomic E-state index is 12.4. The number of nitrogens with zero attached hydrogens (tertiary/aromatic N) is 1. The van der Waals surface area contributed by atoms with Gasteiger partial charge in [0.1, 0.15) is 0 Å². The van der Waals surface area contributed by atoms with Gasteiger partial charge in [0.05, 0.1) is 10.2 Å². The predicted octanol–water partition coefficient (Wildman–Crippen LogP) is 3.34. The number of carbonyl (C=O) groups excluding carboxylic acids is 1. The number of aromatic nitrogens is 1. The number of anilines is 1. The maximum Gasteiger partial charge on any atom is 0.251 e. The molecule has 2 aromatic carbocycles. The van der Waals surface area contributed by atoms with Crippen molar-refractivity contribution in [1.82, 2.24) is 10.3 Å². The molecule has 0 aliphatic heterocycles. The highest BCUT2D eigenvalue weighted by molar-refractivity contribution is 7.22. The zero-order valence-electron chi connectivity index (χ0n) is 12.6. The average molecular weight is 323 g/mol. The van der Waals surface area contributed by atoms with Crippen molar-refractivity contribution >= 4 is 32.6 Å². The van der Waals surface area contributed by atoms with E-state index < -0.39 is 0 Å². The van der Waals surface area contributed by atoms with Crippen LogP contribution in [0.3, 0.4) is 0 Å². The molecule has 0 atom stereocenters. The summed E-state index contributed by atoms with van der Waals surface area (Å²) in [7, 11) is 0. The van der Waals surface area contributed by atoms with Gasteiger partial charge in [-0.05, 0) is 36.6 Å². The topological polar surface area (TPSA) is 68.0 Å². The Morgan fingerprint density at radius 3 is 2.74 bits per heavy atom. The molecule has 1 saturated carbocycles. The molecule has 1 aliphatic carbocycles. The second-order valence-corrected chi connectivity index (χ2v) is 7.13. The van der Waals surface area contributed by atoms with E-state index in [0.717, 1.165) is 23.1 Å². The second-order valence-electron chi connectivity index (χ2n) is 6.06. The van der Waals surface area contributed by atoms with E-state index in [4.69, 9.17) is 5.73 Å². The van der Waals surface area contributed by atoms with Gasteiger partial charge in [0.25, 0.3) is 5.91 Å². The van der Waals surface area contributed by atoms with Gasteiger partial charge in [-0.3, -0.25) is 4.79 Å². The zero-order chi connectivity index (χ0) is 15.9. The number of fused-ring (bicyclic) bond motifs is 1. The second kappa shape index (κ2) is 5.35. The van der Waals surface area contributed by atoms with E-state index in [1.807, 2.05) is 18.2 Å². The van der Waals surface area contributed by atoms with Crippen LogP contribution in [0.5, 0.6) is 0 Å². The molecule has 3 aromatic rings. The third-order valence-electron chi connectivity index (χ3n) is 4.49. The van der Waals surface area contributed by atoms with E-state index in [2.05, 4.69) is 34.6 Å². The van der Waals surface area contributed by atoms with E-state index in [1.54, 1.807) is 6.07 Å². The molecule has 4 nitrogen and oxygen atoms in total. The summed E-state index contributed by atoms with van der Waals surface area (Å²) in [4.78, 5) is 16.7. The first-order chi connectivity index (χ1) is 11.2. The summed E-state index contributed by atoms with van der Waals surface area (Å²) in [6, 6.07) is 15.9. The molecule has 1 heterocycles. The third-order valence-corrected chi connectivity index (χ3v) is 5.34. The van der Waals surface area contributed by atoms with Crippen LogP contribution < -0.4 is 11.1 Å². The van der Waals surface area contributed by atoms with E-state index in [1.165, 1.54) is 16.9 Å². The number of carbonyl (C=O) groups is 1. The van der Waals surface area contributed by atoms with Crippen molar-refractivity contribution in [2.45, 2.75) is 18.3 Å². The highest BCUT2D eigenvalue weighted by atomic mass is 32.1. The Morgan fingerprint density at radius 1 is 1.22 bits per heavy atom. The molecular weight excluding hydrogens is 306 g/mol. The lowest BCUT2D eigenvalue weighted by molar-refractivity contribution is 0.0950. The predicted molar refractivity (Wildman–Crippen MR) is 93.7 cm³/mol. The Labute approximate surface area is 138 Å². The van der Waals surface area contributed by atoms with Gasteiger partial charge in [-0.15, -0.1) is 0 Å². The Morgan fingerprint density at radius 2 is 2.00 bits per heavy atom. The van der Waals surface area contributed by atoms with Crippen LogP contribution in [0.2, 0.25) is 0 Å². The normalized spacial score (nSPS) is 15.5. The average Bonchev–Trinajstić information content (AvgIpc) is 3.27. The van der Waals surface area contributed by atoms with Gasteiger partial charge < -0.3 is 11.1 Å². The van der Waals surface area contributed by atoms with Crippen molar-refractivity contribution in [3.63, 3.8) is 0 Å². The van der Waals surface area contributed by atoms with Crippen molar-refractivity contribution in [2.24, 2.45) is 0 Å². The number of nitrogens with two attached hydrogens (primary N) is 1. The van der Waals surface area contributed by atoms with E-state index in [-0.39, 0.29) is 11.3 Å². The highest BCUT2D eigenvalue weighted by Gasteiger charge is 2.44. The molecule has 1 fully saturated rings. The molecule has 1 amide bonds. The molecule has 1 aliphatic rings. The fourth-order valence-electron chi connectivity index (χ4n) is 2.95. The zero-order valence-corrected chi connectivity index (χ0v) is 13.4. The Bertz CT molecular complexity index is 868. The summed E-state index contributed by atoms with van der Waals surface area (Å²) < 4.78 is 0.944. The molecule has 0 bridgehead atoms.